The van der Waals surface area contributed by atoms with Crippen LogP contribution in [0.5, 0.6) is 34.5 Å². The Labute approximate surface area is 447 Å². The highest BCUT2D eigenvalue weighted by molar-refractivity contribution is 5.94. The first-order chi connectivity index (χ1) is 37.1. The van der Waals surface area contributed by atoms with Gasteiger partial charge in [0.25, 0.3) is 0 Å². The maximum atomic E-state index is 14.8. The van der Waals surface area contributed by atoms with Crippen molar-refractivity contribution in [3.8, 4) is 45.6 Å². The molecule has 0 spiro atoms. The van der Waals surface area contributed by atoms with Gasteiger partial charge in [0.2, 0.25) is 0 Å². The molecular weight excluding hydrogens is 967 g/mol. The van der Waals surface area contributed by atoms with Crippen LogP contribution < -0.4 is 28.4 Å². The molecule has 0 aliphatic rings. The molecule has 0 aliphatic carbocycles. The fourth-order valence-electron chi connectivity index (χ4n) is 8.47. The van der Waals surface area contributed by atoms with Crippen LogP contribution in [0.1, 0.15) is 184 Å². The maximum Gasteiger partial charge on any atom is 0.343 e. The molecule has 6 rings (SSSR count). The lowest BCUT2D eigenvalue weighted by molar-refractivity contribution is 0.0719. The lowest BCUT2D eigenvalue weighted by Gasteiger charge is -2.10. The van der Waals surface area contributed by atoms with Crippen LogP contribution in [0.4, 0.5) is 8.78 Å². The zero-order valence-electron chi connectivity index (χ0n) is 44.1. The Morgan fingerprint density at radius 3 is 1.04 bits per heavy atom. The SMILES string of the molecule is CCCCCCCCCCCCOc1ccc(C(=O)Oc2ccc(C(=O)Oc3ccc(-c4cccc(OC(=O)c5ccc(OC(=O)c6ccc(OCCCCCCCCCCCC)c(F)c6)cc5)c4)cc3)cc2)cc1F. The molecule has 0 atom stereocenters. The average Bonchev–Trinajstić information content (AvgIpc) is 3.43. The number of carbonyl (C=O) groups is 4. The number of esters is 4. The van der Waals surface area contributed by atoms with Gasteiger partial charge in [0.05, 0.1) is 35.5 Å². The van der Waals surface area contributed by atoms with E-state index in [1.807, 2.05) is 6.07 Å². The molecule has 12 heteroatoms. The molecule has 0 amide bonds. The van der Waals surface area contributed by atoms with Gasteiger partial charge in [-0.15, -0.1) is 0 Å². The summed E-state index contributed by atoms with van der Waals surface area (Å²) in [7, 11) is 0. The molecule has 0 aromatic heterocycles. The first kappa shape index (κ1) is 57.9. The molecule has 0 saturated heterocycles. The highest BCUT2D eigenvalue weighted by atomic mass is 19.1. The van der Waals surface area contributed by atoms with E-state index >= 15 is 0 Å². The molecule has 0 aliphatic heterocycles. The van der Waals surface area contributed by atoms with Crippen LogP contribution in [0.3, 0.4) is 0 Å². The zero-order chi connectivity index (χ0) is 53.7. The topological polar surface area (TPSA) is 124 Å². The van der Waals surface area contributed by atoms with Gasteiger partial charge < -0.3 is 28.4 Å². The van der Waals surface area contributed by atoms with Crippen molar-refractivity contribution < 1.29 is 56.4 Å². The molecule has 0 fully saturated rings. The summed E-state index contributed by atoms with van der Waals surface area (Å²) < 4.78 is 63.0. The molecule has 0 unspecified atom stereocenters. The van der Waals surface area contributed by atoms with Crippen molar-refractivity contribution in [2.45, 2.75) is 142 Å². The van der Waals surface area contributed by atoms with Crippen LogP contribution in [0.2, 0.25) is 0 Å². The molecule has 0 N–H and O–H groups in total. The van der Waals surface area contributed by atoms with Crippen LogP contribution in [-0.4, -0.2) is 37.1 Å². The van der Waals surface area contributed by atoms with Crippen molar-refractivity contribution in [1.82, 2.24) is 0 Å². The fraction of sp³-hybridized carbons (Fsp3) is 0.375. The number of hydrogen-bond acceptors (Lipinski definition) is 10. The van der Waals surface area contributed by atoms with Crippen LogP contribution in [-0.2, 0) is 0 Å². The minimum Gasteiger partial charge on any atom is -0.491 e. The summed E-state index contributed by atoms with van der Waals surface area (Å²) in [5, 5.41) is 0. The summed E-state index contributed by atoms with van der Waals surface area (Å²) in [6.07, 6.45) is 23.8. The van der Waals surface area contributed by atoms with Crippen LogP contribution in [0, 0.1) is 11.6 Å². The predicted octanol–water partition coefficient (Wildman–Crippen LogP) is 17.1. The normalized spacial score (nSPS) is 10.9. The molecule has 6 aromatic rings. The third-order valence-electron chi connectivity index (χ3n) is 12.9. The Morgan fingerprint density at radius 1 is 0.329 bits per heavy atom. The molecule has 76 heavy (non-hydrogen) atoms. The summed E-state index contributed by atoms with van der Waals surface area (Å²) in [5.41, 5.74) is 1.95. The van der Waals surface area contributed by atoms with Crippen LogP contribution in [0.15, 0.2) is 133 Å². The van der Waals surface area contributed by atoms with E-state index in [1.54, 1.807) is 42.5 Å². The van der Waals surface area contributed by atoms with Gasteiger partial charge in [0.1, 0.15) is 23.0 Å². The van der Waals surface area contributed by atoms with Gasteiger partial charge in [-0.05, 0) is 133 Å². The molecule has 0 saturated carbocycles. The minimum absolute atomic E-state index is 0.0200. The Hall–Kier alpha value is -7.34. The Balaban J connectivity index is 0.891. The van der Waals surface area contributed by atoms with Crippen molar-refractivity contribution >= 4 is 23.9 Å². The van der Waals surface area contributed by atoms with Gasteiger partial charge in [0, 0.05) is 0 Å². The van der Waals surface area contributed by atoms with Crippen LogP contribution in [0.25, 0.3) is 11.1 Å². The molecule has 402 valence electrons. The second-order valence-corrected chi connectivity index (χ2v) is 19.0. The maximum absolute atomic E-state index is 14.8. The minimum atomic E-state index is -0.760. The van der Waals surface area contributed by atoms with Gasteiger partial charge in [-0.3, -0.25) is 0 Å². The second kappa shape index (κ2) is 32.2. The highest BCUT2D eigenvalue weighted by Gasteiger charge is 2.17. The fourth-order valence-corrected chi connectivity index (χ4v) is 8.47. The van der Waals surface area contributed by atoms with Gasteiger partial charge in [-0.25, -0.2) is 28.0 Å². The average molecular weight is 1040 g/mol. The van der Waals surface area contributed by atoms with Gasteiger partial charge in [-0.2, -0.15) is 0 Å². The monoisotopic (exact) mass is 1040 g/mol. The lowest BCUT2D eigenvalue weighted by Crippen LogP contribution is -2.11. The molecule has 6 aromatic carbocycles. The number of benzene rings is 6. The van der Waals surface area contributed by atoms with Gasteiger partial charge in [0.15, 0.2) is 23.1 Å². The number of unbranched alkanes of at least 4 members (excludes halogenated alkanes) is 18. The van der Waals surface area contributed by atoms with Crippen molar-refractivity contribution in [2.24, 2.45) is 0 Å². The summed E-state index contributed by atoms with van der Waals surface area (Å²) in [4.78, 5) is 51.8. The third-order valence-corrected chi connectivity index (χ3v) is 12.9. The van der Waals surface area contributed by atoms with Crippen molar-refractivity contribution in [1.29, 1.82) is 0 Å². The predicted molar refractivity (Wildman–Crippen MR) is 292 cm³/mol. The molecule has 0 heterocycles. The number of carbonyl (C=O) groups excluding carboxylic acids is 4. The standard InChI is InChI=1S/C64H72F2O10/c1-3-5-7-9-11-13-15-17-19-21-42-71-59-40-32-51(45-57(59)65)63(69)74-54-36-28-48(29-37-54)61(67)73-53-34-26-47(27-35-53)50-24-23-25-56(44-50)76-62(68)49-30-38-55(39-31-49)75-64(70)52-33-41-60(58(66)46-52)72-43-22-20-18-16-14-12-10-8-6-4-2/h23-41,44-46H,3-22,42-43H2,1-2H3. The van der Waals surface area contributed by atoms with E-state index in [9.17, 15) is 28.0 Å². The van der Waals surface area contributed by atoms with E-state index in [-0.39, 0.29) is 56.8 Å². The zero-order valence-corrected chi connectivity index (χ0v) is 44.1. The first-order valence-electron chi connectivity index (χ1n) is 27.2. The number of hydrogen-bond donors (Lipinski definition) is 0. The highest BCUT2D eigenvalue weighted by Crippen LogP contribution is 2.28. The lowest BCUT2D eigenvalue weighted by atomic mass is 10.1. The van der Waals surface area contributed by atoms with E-state index in [2.05, 4.69) is 13.8 Å². The smallest absolute Gasteiger partial charge is 0.343 e. The van der Waals surface area contributed by atoms with E-state index in [1.165, 1.54) is 163 Å². The Morgan fingerprint density at radius 2 is 0.658 bits per heavy atom. The summed E-state index contributed by atoms with van der Waals surface area (Å²) in [6.45, 7) is 5.24. The number of halogens is 2. The third kappa shape index (κ3) is 19.7. The van der Waals surface area contributed by atoms with Crippen LogP contribution >= 0.6 is 0 Å². The summed E-state index contributed by atoms with van der Waals surface area (Å²) in [5.74, 6) is -3.04. The number of rotatable bonds is 33. The van der Waals surface area contributed by atoms with Crippen molar-refractivity contribution in [3.05, 3.63) is 167 Å². The first-order valence-corrected chi connectivity index (χ1v) is 27.2. The van der Waals surface area contributed by atoms with E-state index < -0.39 is 35.5 Å². The molecule has 0 bridgehead atoms. The van der Waals surface area contributed by atoms with E-state index in [0.29, 0.717) is 13.2 Å². The quantitative estimate of drug-likeness (QED) is 0.0224. The Kier molecular flexibility index (Phi) is 24.5. The Bertz CT molecular complexity index is 2740. The molecule has 0 radical (unpaired) electrons. The van der Waals surface area contributed by atoms with Crippen molar-refractivity contribution in [2.75, 3.05) is 13.2 Å². The van der Waals surface area contributed by atoms with Gasteiger partial charge >= 0.3 is 23.9 Å². The summed E-state index contributed by atoms with van der Waals surface area (Å²) in [6, 6.07) is 33.3. The van der Waals surface area contributed by atoms with E-state index in [4.69, 9.17) is 28.4 Å². The molecular formula is C64H72F2O10. The number of ether oxygens (including phenoxy) is 6. The summed E-state index contributed by atoms with van der Waals surface area (Å²) >= 11 is 0. The largest absolute Gasteiger partial charge is 0.491 e. The second-order valence-electron chi connectivity index (χ2n) is 19.0. The molecule has 10 nitrogen and oxygen atoms in total. The van der Waals surface area contributed by atoms with Gasteiger partial charge in [-0.1, -0.05) is 154 Å². The van der Waals surface area contributed by atoms with Crippen molar-refractivity contribution in [3.63, 3.8) is 0 Å². The van der Waals surface area contributed by atoms with E-state index in [0.717, 1.165) is 61.8 Å².